The van der Waals surface area contributed by atoms with Crippen molar-refractivity contribution < 1.29 is 18.9 Å². The smallest absolute Gasteiger partial charge is 0.127 e. The van der Waals surface area contributed by atoms with Crippen LogP contribution in [0.2, 0.25) is 0 Å². The van der Waals surface area contributed by atoms with Crippen LogP contribution in [0.5, 0.6) is 23.0 Å². The van der Waals surface area contributed by atoms with Gasteiger partial charge in [-0.1, -0.05) is 175 Å². The van der Waals surface area contributed by atoms with Crippen LogP contribution in [0.3, 0.4) is 0 Å². The molecule has 0 fully saturated rings. The maximum absolute atomic E-state index is 6.72. The number of hydrogen-bond acceptors (Lipinski definition) is 4. The van der Waals surface area contributed by atoms with Crippen molar-refractivity contribution in [2.24, 2.45) is 11.8 Å². The molecule has 56 heavy (non-hydrogen) atoms. The Kier molecular flexibility index (Phi) is 17.7. The van der Waals surface area contributed by atoms with E-state index in [4.69, 9.17) is 18.9 Å². The first kappa shape index (κ1) is 41.9. The highest BCUT2D eigenvalue weighted by Gasteiger charge is 2.15. The molecule has 5 aromatic rings. The topological polar surface area (TPSA) is 36.9 Å². The molecule has 0 spiro atoms. The molecule has 4 heteroatoms. The monoisotopic (exact) mass is 750 g/mol. The lowest BCUT2D eigenvalue weighted by molar-refractivity contribution is 0.227. The van der Waals surface area contributed by atoms with Gasteiger partial charge >= 0.3 is 0 Å². The zero-order chi connectivity index (χ0) is 39.2. The summed E-state index contributed by atoms with van der Waals surface area (Å²) in [6.07, 6.45) is 18.0. The van der Waals surface area contributed by atoms with E-state index in [0.29, 0.717) is 38.3 Å². The summed E-state index contributed by atoms with van der Waals surface area (Å²) in [5.74, 6) is 4.46. The van der Waals surface area contributed by atoms with Crippen LogP contribution in [0.4, 0.5) is 0 Å². The Morgan fingerprint density at radius 3 is 1.20 bits per heavy atom. The summed E-state index contributed by atoms with van der Waals surface area (Å²) < 4.78 is 25.5. The minimum atomic E-state index is 0.511. The van der Waals surface area contributed by atoms with Crippen LogP contribution in [-0.2, 0) is 13.2 Å². The molecule has 0 aliphatic rings. The van der Waals surface area contributed by atoms with E-state index in [0.717, 1.165) is 69.2 Å². The average Bonchev–Trinajstić information content (AvgIpc) is 3.25. The summed E-state index contributed by atoms with van der Waals surface area (Å²) in [7, 11) is 0. The predicted octanol–water partition coefficient (Wildman–Crippen LogP) is 14.4. The largest absolute Gasteiger partial charge is 0.493 e. The maximum Gasteiger partial charge on any atom is 0.127 e. The molecule has 0 N–H and O–H groups in total. The highest BCUT2D eigenvalue weighted by Crippen LogP contribution is 2.34. The Morgan fingerprint density at radius 2 is 0.839 bits per heavy atom. The molecule has 0 heterocycles. The second-order valence-corrected chi connectivity index (χ2v) is 14.7. The lowest BCUT2D eigenvalue weighted by Gasteiger charge is -2.20. The Labute approximate surface area is 337 Å². The Bertz CT molecular complexity index is 1740. The van der Waals surface area contributed by atoms with Crippen molar-refractivity contribution in [3.8, 4) is 23.0 Å². The standard InChI is InChI=1S/C52H62O4/c1-5-9-17-41(7-3)37-55-51-35-48(30-24-44-27-33-50(34-28-44)54-40-46-21-15-12-16-22-46)52(56-38-42(8-4)18-10-6-2)36-47(51)29-23-43-25-31-49(32-26-43)53-39-45-19-13-11-14-20-45/h11-16,19-36,41-42H,5-10,17-18,37-40H2,1-4H3/b29-23+,30-24+. The number of benzene rings is 5. The summed E-state index contributed by atoms with van der Waals surface area (Å²) in [6.45, 7) is 11.5. The fourth-order valence-electron chi connectivity index (χ4n) is 6.52. The highest BCUT2D eigenvalue weighted by molar-refractivity contribution is 5.79. The van der Waals surface area contributed by atoms with Crippen LogP contribution in [0.25, 0.3) is 24.3 Å². The third-order valence-corrected chi connectivity index (χ3v) is 10.3. The molecule has 0 aliphatic carbocycles. The molecule has 5 aromatic carbocycles. The molecule has 0 aromatic heterocycles. The van der Waals surface area contributed by atoms with Crippen LogP contribution in [0.1, 0.15) is 112 Å². The van der Waals surface area contributed by atoms with Crippen LogP contribution < -0.4 is 18.9 Å². The van der Waals surface area contributed by atoms with E-state index < -0.39 is 0 Å². The van der Waals surface area contributed by atoms with E-state index in [2.05, 4.69) is 113 Å². The first-order valence-electron chi connectivity index (χ1n) is 20.9. The zero-order valence-corrected chi connectivity index (χ0v) is 34.1. The van der Waals surface area contributed by atoms with E-state index in [1.165, 1.54) is 38.5 Å². The fourth-order valence-corrected chi connectivity index (χ4v) is 6.52. The summed E-state index contributed by atoms with van der Waals surface area (Å²) in [5, 5.41) is 0. The second-order valence-electron chi connectivity index (χ2n) is 14.7. The Hall–Kier alpha value is -5.22. The Morgan fingerprint density at radius 1 is 0.446 bits per heavy atom. The van der Waals surface area contributed by atoms with Gasteiger partial charge in [-0.3, -0.25) is 0 Å². The number of rotatable bonds is 24. The first-order valence-corrected chi connectivity index (χ1v) is 20.9. The van der Waals surface area contributed by atoms with Crippen molar-refractivity contribution in [2.45, 2.75) is 92.3 Å². The second kappa shape index (κ2) is 23.6. The van der Waals surface area contributed by atoms with Crippen molar-refractivity contribution in [3.05, 3.63) is 155 Å². The lowest BCUT2D eigenvalue weighted by atomic mass is 10.00. The number of unbranched alkanes of at least 4 members (excludes halogenated alkanes) is 2. The van der Waals surface area contributed by atoms with Crippen LogP contribution in [0, 0.1) is 11.8 Å². The Balaban J connectivity index is 1.40. The molecule has 294 valence electrons. The molecule has 4 nitrogen and oxygen atoms in total. The molecule has 0 aliphatic heterocycles. The minimum absolute atomic E-state index is 0.511. The van der Waals surface area contributed by atoms with Gasteiger partial charge in [0.1, 0.15) is 36.2 Å². The quantitative estimate of drug-likeness (QED) is 0.0589. The molecule has 0 radical (unpaired) electrons. The van der Waals surface area contributed by atoms with Gasteiger partial charge in [-0.05, 0) is 83.3 Å². The summed E-state index contributed by atoms with van der Waals surface area (Å²) in [6, 6.07) is 41.4. The molecule has 0 saturated carbocycles. The molecule has 2 unspecified atom stereocenters. The average molecular weight is 751 g/mol. The molecule has 0 bridgehead atoms. The molecule has 0 saturated heterocycles. The normalized spacial score (nSPS) is 12.5. The summed E-state index contributed by atoms with van der Waals surface area (Å²) in [5.41, 5.74) is 6.49. The maximum atomic E-state index is 6.72. The molecule has 0 amide bonds. The van der Waals surface area contributed by atoms with Gasteiger partial charge in [0.05, 0.1) is 13.2 Å². The van der Waals surface area contributed by atoms with E-state index in [-0.39, 0.29) is 0 Å². The third kappa shape index (κ3) is 14.1. The van der Waals surface area contributed by atoms with Gasteiger partial charge in [0.2, 0.25) is 0 Å². The van der Waals surface area contributed by atoms with Gasteiger partial charge < -0.3 is 18.9 Å². The van der Waals surface area contributed by atoms with E-state index in [9.17, 15) is 0 Å². The van der Waals surface area contributed by atoms with Gasteiger partial charge in [0.25, 0.3) is 0 Å². The van der Waals surface area contributed by atoms with Crippen LogP contribution in [0.15, 0.2) is 121 Å². The van der Waals surface area contributed by atoms with Gasteiger partial charge in [0, 0.05) is 11.1 Å². The SMILES string of the molecule is CCCCC(CC)COc1cc(/C=C/c2ccc(OCc3ccccc3)cc2)c(OCC(CC)CCCC)cc1/C=C/c1ccc(OCc2ccccc2)cc1. The van der Waals surface area contributed by atoms with E-state index in [1.54, 1.807) is 0 Å². The predicted molar refractivity (Wildman–Crippen MR) is 236 cm³/mol. The van der Waals surface area contributed by atoms with Gasteiger partial charge in [0.15, 0.2) is 0 Å². The third-order valence-electron chi connectivity index (χ3n) is 10.3. The van der Waals surface area contributed by atoms with Crippen molar-refractivity contribution in [3.63, 3.8) is 0 Å². The number of ether oxygens (including phenoxy) is 4. The summed E-state index contributed by atoms with van der Waals surface area (Å²) >= 11 is 0. The number of hydrogen-bond donors (Lipinski definition) is 0. The van der Waals surface area contributed by atoms with Crippen molar-refractivity contribution in [1.29, 1.82) is 0 Å². The first-order chi connectivity index (χ1) is 27.6. The summed E-state index contributed by atoms with van der Waals surface area (Å²) in [4.78, 5) is 0. The van der Waals surface area contributed by atoms with Crippen molar-refractivity contribution in [1.82, 2.24) is 0 Å². The molecular formula is C52H62O4. The van der Waals surface area contributed by atoms with Crippen LogP contribution >= 0.6 is 0 Å². The molecule has 5 rings (SSSR count). The van der Waals surface area contributed by atoms with Gasteiger partial charge in [-0.2, -0.15) is 0 Å². The van der Waals surface area contributed by atoms with Crippen LogP contribution in [-0.4, -0.2) is 13.2 Å². The van der Waals surface area contributed by atoms with E-state index >= 15 is 0 Å². The minimum Gasteiger partial charge on any atom is -0.493 e. The van der Waals surface area contributed by atoms with Crippen molar-refractivity contribution in [2.75, 3.05) is 13.2 Å². The van der Waals surface area contributed by atoms with Gasteiger partial charge in [-0.15, -0.1) is 0 Å². The molecule has 2 atom stereocenters. The lowest BCUT2D eigenvalue weighted by Crippen LogP contribution is -2.13. The highest BCUT2D eigenvalue weighted by atomic mass is 16.5. The fraction of sp³-hybridized carbons (Fsp3) is 0.346. The zero-order valence-electron chi connectivity index (χ0n) is 34.1. The van der Waals surface area contributed by atoms with Gasteiger partial charge in [-0.25, -0.2) is 0 Å². The molecular weight excluding hydrogens is 689 g/mol. The van der Waals surface area contributed by atoms with E-state index in [1.807, 2.05) is 60.7 Å². The van der Waals surface area contributed by atoms with Crippen molar-refractivity contribution >= 4 is 24.3 Å².